The number of anilines is 1. The fraction of sp³-hybridized carbons (Fsp3) is 0.409. The van der Waals surface area contributed by atoms with Crippen LogP contribution in [0.5, 0.6) is 0 Å². The number of nitrogens with zero attached hydrogens (tertiary/aromatic N) is 2. The van der Waals surface area contributed by atoms with E-state index in [0.29, 0.717) is 35.8 Å². The highest BCUT2D eigenvalue weighted by Gasteiger charge is 2.53. The second-order valence-electron chi connectivity index (χ2n) is 8.81. The molecule has 1 saturated carbocycles. The molecule has 6 nitrogen and oxygen atoms in total. The van der Waals surface area contributed by atoms with Crippen LogP contribution < -0.4 is 11.1 Å². The summed E-state index contributed by atoms with van der Waals surface area (Å²) < 4.78 is 15.3. The summed E-state index contributed by atoms with van der Waals surface area (Å²) in [6.45, 7) is 2.48. The molecule has 2 amide bonds. The minimum absolute atomic E-state index is 0.0240. The summed E-state index contributed by atoms with van der Waals surface area (Å²) in [4.78, 5) is 30.2. The van der Waals surface area contributed by atoms with Crippen molar-refractivity contribution in [2.45, 2.75) is 31.6 Å². The van der Waals surface area contributed by atoms with Gasteiger partial charge in [0.25, 0.3) is 5.91 Å². The second-order valence-corrected chi connectivity index (χ2v) is 9.19. The molecule has 2 atom stereocenters. The summed E-state index contributed by atoms with van der Waals surface area (Å²) in [5, 5.41) is 3.68. The van der Waals surface area contributed by atoms with Gasteiger partial charge in [0.05, 0.1) is 10.6 Å². The van der Waals surface area contributed by atoms with Crippen LogP contribution in [0.3, 0.4) is 0 Å². The Bertz CT molecular complexity index is 1070. The van der Waals surface area contributed by atoms with E-state index in [1.807, 2.05) is 6.92 Å². The Hall–Kier alpha value is -2.67. The summed E-state index contributed by atoms with van der Waals surface area (Å²) in [7, 11) is 3.15. The maximum Gasteiger partial charge on any atom is 0.256 e. The molecule has 2 heterocycles. The summed E-state index contributed by atoms with van der Waals surface area (Å²) in [5.41, 5.74) is 6.08. The van der Waals surface area contributed by atoms with E-state index in [1.54, 1.807) is 26.2 Å². The third kappa shape index (κ3) is 2.95. The van der Waals surface area contributed by atoms with E-state index in [9.17, 15) is 9.59 Å². The number of halogens is 2. The number of carbonyl (C=O) groups excluding carboxylic acids is 2. The molecule has 3 N–H and O–H groups in total. The lowest BCUT2D eigenvalue weighted by molar-refractivity contribution is -0.126. The van der Waals surface area contributed by atoms with Crippen LogP contribution >= 0.6 is 11.6 Å². The molecule has 1 aliphatic heterocycles. The lowest BCUT2D eigenvalue weighted by Crippen LogP contribution is -2.35. The molecule has 1 fully saturated rings. The van der Waals surface area contributed by atoms with Crippen molar-refractivity contribution in [3.63, 3.8) is 0 Å². The number of hydrogen-bond donors (Lipinski definition) is 2. The molecule has 2 aromatic rings. The van der Waals surface area contributed by atoms with Gasteiger partial charge in [-0.1, -0.05) is 30.7 Å². The molecule has 158 valence electrons. The van der Waals surface area contributed by atoms with Gasteiger partial charge in [0, 0.05) is 54.4 Å². The van der Waals surface area contributed by atoms with Crippen molar-refractivity contribution >= 4 is 29.2 Å². The third-order valence-corrected chi connectivity index (χ3v) is 6.94. The summed E-state index contributed by atoms with van der Waals surface area (Å²) in [5.74, 6) is -0.730. The quantitative estimate of drug-likeness (QED) is 0.778. The van der Waals surface area contributed by atoms with Crippen LogP contribution in [0.2, 0.25) is 5.02 Å². The van der Waals surface area contributed by atoms with Crippen LogP contribution in [0.15, 0.2) is 24.4 Å². The van der Waals surface area contributed by atoms with Gasteiger partial charge in [0.2, 0.25) is 5.91 Å². The van der Waals surface area contributed by atoms with E-state index in [4.69, 9.17) is 17.3 Å². The van der Waals surface area contributed by atoms with Crippen LogP contribution in [-0.2, 0) is 10.2 Å². The first-order valence-corrected chi connectivity index (χ1v) is 10.2. The van der Waals surface area contributed by atoms with Gasteiger partial charge in [0.15, 0.2) is 0 Å². The second kappa shape index (κ2) is 6.94. The minimum atomic E-state index is -0.631. The summed E-state index contributed by atoms with van der Waals surface area (Å²) >= 11 is 6.84. The van der Waals surface area contributed by atoms with Gasteiger partial charge in [-0.2, -0.15) is 0 Å². The number of aromatic nitrogens is 1. The maximum atomic E-state index is 15.3. The molecule has 0 radical (unpaired) electrons. The SMILES string of the molecule is CN(C)C(=O)c1cccc(-c2cnc3c(c2Cl)[C@@]2(CC[C@](C)(C(N)=O)C2)CN3)c1F. The molecule has 0 unspecified atom stereocenters. The molecule has 1 aromatic carbocycles. The zero-order valence-electron chi connectivity index (χ0n) is 17.2. The van der Waals surface area contributed by atoms with Crippen molar-refractivity contribution in [1.29, 1.82) is 0 Å². The standard InChI is InChI=1S/C22H24ClFN4O2/c1-21(20(25)30)7-8-22(10-21)11-27-18-15(22)16(23)14(9-26-18)12-5-4-6-13(17(12)24)19(29)28(2)3/h4-6,9H,7-8,10-11H2,1-3H3,(H2,25,30)(H,26,27)/t21-,22+/m0/s1. The van der Waals surface area contributed by atoms with Crippen LogP contribution in [0.1, 0.15) is 42.1 Å². The average Bonchev–Trinajstić information content (AvgIpc) is 3.24. The molecular weight excluding hydrogens is 407 g/mol. The molecule has 0 saturated heterocycles. The molecule has 1 aromatic heterocycles. The van der Waals surface area contributed by atoms with Crippen LogP contribution in [0.4, 0.5) is 10.2 Å². The van der Waals surface area contributed by atoms with E-state index in [0.717, 1.165) is 12.0 Å². The predicted octanol–water partition coefficient (Wildman–Crippen LogP) is 3.58. The minimum Gasteiger partial charge on any atom is -0.369 e. The number of fused-ring (bicyclic) bond motifs is 2. The van der Waals surface area contributed by atoms with E-state index in [2.05, 4.69) is 10.3 Å². The first-order chi connectivity index (χ1) is 14.1. The first-order valence-electron chi connectivity index (χ1n) is 9.83. The topological polar surface area (TPSA) is 88.3 Å². The normalized spacial score (nSPS) is 24.6. The van der Waals surface area contributed by atoms with Crippen molar-refractivity contribution in [2.24, 2.45) is 11.1 Å². The molecular formula is C22H24ClFN4O2. The van der Waals surface area contributed by atoms with E-state index >= 15 is 4.39 Å². The van der Waals surface area contributed by atoms with Gasteiger partial charge < -0.3 is 16.0 Å². The van der Waals surface area contributed by atoms with Gasteiger partial charge in [-0.15, -0.1) is 0 Å². The van der Waals surface area contributed by atoms with Gasteiger partial charge in [-0.05, 0) is 25.3 Å². The molecule has 4 rings (SSSR count). The van der Waals surface area contributed by atoms with Gasteiger partial charge in [0.1, 0.15) is 11.6 Å². The smallest absolute Gasteiger partial charge is 0.256 e. The van der Waals surface area contributed by atoms with Crippen molar-refractivity contribution in [3.05, 3.63) is 46.4 Å². The highest BCUT2D eigenvalue weighted by atomic mass is 35.5. The lowest BCUT2D eigenvalue weighted by Gasteiger charge is -2.27. The maximum absolute atomic E-state index is 15.3. The van der Waals surface area contributed by atoms with E-state index in [-0.39, 0.29) is 22.4 Å². The fourth-order valence-corrected chi connectivity index (χ4v) is 5.24. The number of amides is 2. The Morgan fingerprint density at radius 3 is 2.63 bits per heavy atom. The summed E-state index contributed by atoms with van der Waals surface area (Å²) in [6, 6.07) is 4.68. The number of carbonyl (C=O) groups is 2. The Morgan fingerprint density at radius 1 is 1.27 bits per heavy atom. The van der Waals surface area contributed by atoms with E-state index in [1.165, 1.54) is 17.2 Å². The van der Waals surface area contributed by atoms with Crippen molar-refractivity contribution in [2.75, 3.05) is 26.0 Å². The zero-order chi connectivity index (χ0) is 21.8. The molecule has 2 aliphatic rings. The monoisotopic (exact) mass is 430 g/mol. The average molecular weight is 431 g/mol. The summed E-state index contributed by atoms with van der Waals surface area (Å²) in [6.07, 6.45) is 3.48. The van der Waals surface area contributed by atoms with Crippen molar-refractivity contribution < 1.29 is 14.0 Å². The molecule has 30 heavy (non-hydrogen) atoms. The van der Waals surface area contributed by atoms with Crippen molar-refractivity contribution in [3.8, 4) is 11.1 Å². The fourth-order valence-electron chi connectivity index (χ4n) is 4.80. The van der Waals surface area contributed by atoms with Crippen LogP contribution in [0, 0.1) is 11.2 Å². The van der Waals surface area contributed by atoms with Crippen molar-refractivity contribution in [1.82, 2.24) is 9.88 Å². The Balaban J connectivity index is 1.83. The Labute approximate surface area is 179 Å². The molecule has 1 aliphatic carbocycles. The number of primary amides is 1. The number of hydrogen-bond acceptors (Lipinski definition) is 4. The largest absolute Gasteiger partial charge is 0.369 e. The molecule has 1 spiro atoms. The first kappa shape index (κ1) is 20.6. The van der Waals surface area contributed by atoms with Gasteiger partial charge in [-0.3, -0.25) is 9.59 Å². The highest BCUT2D eigenvalue weighted by molar-refractivity contribution is 6.34. The number of benzene rings is 1. The zero-order valence-corrected chi connectivity index (χ0v) is 17.9. The van der Waals surface area contributed by atoms with Gasteiger partial charge in [-0.25, -0.2) is 9.37 Å². The van der Waals surface area contributed by atoms with Crippen LogP contribution in [-0.4, -0.2) is 42.3 Å². The predicted molar refractivity (Wildman–Crippen MR) is 114 cm³/mol. The number of pyridine rings is 1. The number of nitrogens with one attached hydrogen (secondary N) is 1. The highest BCUT2D eigenvalue weighted by Crippen LogP contribution is 2.57. The molecule has 0 bridgehead atoms. The Morgan fingerprint density at radius 2 is 2.00 bits per heavy atom. The molecule has 8 heteroatoms. The number of rotatable bonds is 3. The Kier molecular flexibility index (Phi) is 4.77. The van der Waals surface area contributed by atoms with Crippen LogP contribution in [0.25, 0.3) is 11.1 Å². The third-order valence-electron chi connectivity index (χ3n) is 6.54. The van der Waals surface area contributed by atoms with Gasteiger partial charge >= 0.3 is 0 Å². The lowest BCUT2D eigenvalue weighted by atomic mass is 9.76. The van der Waals surface area contributed by atoms with E-state index < -0.39 is 17.1 Å². The number of nitrogens with two attached hydrogens (primary N) is 1.